The quantitative estimate of drug-likeness (QED) is 0.477. The lowest BCUT2D eigenvalue weighted by Gasteiger charge is -2.07. The van der Waals surface area contributed by atoms with Gasteiger partial charge in [0.2, 0.25) is 0 Å². The highest BCUT2D eigenvalue weighted by atomic mass is 32.1. The Morgan fingerprint density at radius 1 is 1.00 bits per heavy atom. The van der Waals surface area contributed by atoms with Gasteiger partial charge in [-0.25, -0.2) is 4.98 Å². The number of hydrogen-bond donors (Lipinski definition) is 1. The van der Waals surface area contributed by atoms with Crippen molar-refractivity contribution < 1.29 is 4.79 Å². The number of carbonyl (C=O) groups is 1. The SMILES string of the molecule is Cc1ccc2cc3cc(C(=O)Nc4ccc(C(C)C)cc4)sc3nc2c1. The minimum Gasteiger partial charge on any atom is -0.321 e. The van der Waals surface area contributed by atoms with Crippen molar-refractivity contribution in [1.82, 2.24) is 4.98 Å². The summed E-state index contributed by atoms with van der Waals surface area (Å²) in [5, 5.41) is 5.08. The van der Waals surface area contributed by atoms with Gasteiger partial charge in [0.1, 0.15) is 4.83 Å². The molecule has 0 aliphatic rings. The zero-order valence-electron chi connectivity index (χ0n) is 15.0. The Balaban J connectivity index is 1.63. The standard InChI is InChI=1S/C22H20N2OS/c1-13(2)15-6-8-18(9-7-15)23-21(25)20-12-17-11-16-5-4-14(3)10-19(16)24-22(17)26-20/h4-13H,1-3H3,(H,23,25). The summed E-state index contributed by atoms with van der Waals surface area (Å²) < 4.78 is 0. The Bertz CT molecular complexity index is 1110. The largest absolute Gasteiger partial charge is 0.321 e. The van der Waals surface area contributed by atoms with Crippen molar-refractivity contribution >= 4 is 44.1 Å². The van der Waals surface area contributed by atoms with Gasteiger partial charge in [-0.15, -0.1) is 11.3 Å². The molecule has 2 aromatic heterocycles. The fourth-order valence-electron chi connectivity index (χ4n) is 2.99. The van der Waals surface area contributed by atoms with Gasteiger partial charge in [0, 0.05) is 16.5 Å². The van der Waals surface area contributed by atoms with Crippen molar-refractivity contribution in [3.63, 3.8) is 0 Å². The molecule has 0 fully saturated rings. The number of carbonyl (C=O) groups excluding carboxylic acids is 1. The van der Waals surface area contributed by atoms with Gasteiger partial charge in [-0.3, -0.25) is 4.79 Å². The molecule has 2 heterocycles. The topological polar surface area (TPSA) is 42.0 Å². The monoisotopic (exact) mass is 360 g/mol. The van der Waals surface area contributed by atoms with E-state index in [0.717, 1.165) is 26.8 Å². The number of pyridine rings is 1. The van der Waals surface area contributed by atoms with E-state index in [9.17, 15) is 4.79 Å². The van der Waals surface area contributed by atoms with Crippen LogP contribution in [0.25, 0.3) is 21.1 Å². The molecule has 0 radical (unpaired) electrons. The number of amides is 1. The molecule has 0 aliphatic carbocycles. The number of anilines is 1. The molecule has 130 valence electrons. The van der Waals surface area contributed by atoms with E-state index in [1.165, 1.54) is 22.5 Å². The summed E-state index contributed by atoms with van der Waals surface area (Å²) in [5.74, 6) is 0.386. The number of benzene rings is 2. The van der Waals surface area contributed by atoms with Crippen LogP contribution in [0.3, 0.4) is 0 Å². The van der Waals surface area contributed by atoms with E-state index >= 15 is 0 Å². The van der Waals surface area contributed by atoms with Crippen LogP contribution in [0.1, 0.15) is 40.6 Å². The van der Waals surface area contributed by atoms with Gasteiger partial charge in [0.25, 0.3) is 5.91 Å². The van der Waals surface area contributed by atoms with Crippen LogP contribution in [0.4, 0.5) is 5.69 Å². The zero-order valence-corrected chi connectivity index (χ0v) is 15.9. The van der Waals surface area contributed by atoms with Crippen molar-refractivity contribution in [3.8, 4) is 0 Å². The van der Waals surface area contributed by atoms with Crippen molar-refractivity contribution in [2.24, 2.45) is 0 Å². The van der Waals surface area contributed by atoms with Crippen LogP contribution in [0.15, 0.2) is 54.6 Å². The molecule has 2 aromatic carbocycles. The van der Waals surface area contributed by atoms with Crippen molar-refractivity contribution in [2.75, 3.05) is 5.32 Å². The lowest BCUT2D eigenvalue weighted by molar-refractivity contribution is 0.103. The number of nitrogens with zero attached hydrogens (tertiary/aromatic N) is 1. The summed E-state index contributed by atoms with van der Waals surface area (Å²) in [5.41, 5.74) is 4.22. The molecule has 26 heavy (non-hydrogen) atoms. The summed E-state index contributed by atoms with van der Waals surface area (Å²) >= 11 is 1.43. The van der Waals surface area contributed by atoms with Crippen LogP contribution in [0.2, 0.25) is 0 Å². The van der Waals surface area contributed by atoms with Crippen molar-refractivity contribution in [3.05, 3.63) is 70.6 Å². The van der Waals surface area contributed by atoms with E-state index < -0.39 is 0 Å². The third-order valence-corrected chi connectivity index (χ3v) is 5.56. The van der Waals surface area contributed by atoms with E-state index in [4.69, 9.17) is 4.98 Å². The molecule has 4 heteroatoms. The number of fused-ring (bicyclic) bond motifs is 2. The van der Waals surface area contributed by atoms with Gasteiger partial charge in [-0.2, -0.15) is 0 Å². The van der Waals surface area contributed by atoms with E-state index in [0.29, 0.717) is 10.8 Å². The van der Waals surface area contributed by atoms with Crippen LogP contribution in [0.5, 0.6) is 0 Å². The summed E-state index contributed by atoms with van der Waals surface area (Å²) in [6, 6.07) is 18.3. The summed E-state index contributed by atoms with van der Waals surface area (Å²) in [6.07, 6.45) is 0. The number of nitrogens with one attached hydrogen (secondary N) is 1. The summed E-state index contributed by atoms with van der Waals surface area (Å²) in [7, 11) is 0. The molecule has 0 atom stereocenters. The third kappa shape index (κ3) is 3.20. The zero-order chi connectivity index (χ0) is 18.3. The molecule has 1 N–H and O–H groups in total. The van der Waals surface area contributed by atoms with E-state index in [1.807, 2.05) is 18.2 Å². The smallest absolute Gasteiger partial charge is 0.265 e. The predicted octanol–water partition coefficient (Wildman–Crippen LogP) is 6.13. The number of aromatic nitrogens is 1. The minimum absolute atomic E-state index is 0.0921. The van der Waals surface area contributed by atoms with Crippen LogP contribution in [-0.4, -0.2) is 10.9 Å². The van der Waals surface area contributed by atoms with E-state index in [-0.39, 0.29) is 5.91 Å². The van der Waals surface area contributed by atoms with Crippen LogP contribution in [0, 0.1) is 6.92 Å². The number of rotatable bonds is 3. The molecule has 0 bridgehead atoms. The second kappa shape index (κ2) is 6.54. The minimum atomic E-state index is -0.0921. The lowest BCUT2D eigenvalue weighted by atomic mass is 10.0. The second-order valence-electron chi connectivity index (χ2n) is 6.92. The first-order valence-electron chi connectivity index (χ1n) is 8.72. The lowest BCUT2D eigenvalue weighted by Crippen LogP contribution is -2.09. The predicted molar refractivity (Wildman–Crippen MR) is 110 cm³/mol. The van der Waals surface area contributed by atoms with Gasteiger partial charge in [-0.1, -0.05) is 38.1 Å². The Morgan fingerprint density at radius 3 is 2.50 bits per heavy atom. The first-order valence-corrected chi connectivity index (χ1v) is 9.53. The molecular formula is C22H20N2OS. The molecule has 0 aliphatic heterocycles. The molecule has 1 amide bonds. The van der Waals surface area contributed by atoms with Gasteiger partial charge in [0.15, 0.2) is 0 Å². The normalized spacial score (nSPS) is 11.4. The molecule has 3 nitrogen and oxygen atoms in total. The van der Waals surface area contributed by atoms with Gasteiger partial charge >= 0.3 is 0 Å². The van der Waals surface area contributed by atoms with Crippen molar-refractivity contribution in [2.45, 2.75) is 26.7 Å². The molecule has 0 unspecified atom stereocenters. The van der Waals surface area contributed by atoms with Crippen LogP contribution in [-0.2, 0) is 0 Å². The molecule has 4 aromatic rings. The fourth-order valence-corrected chi connectivity index (χ4v) is 3.91. The van der Waals surface area contributed by atoms with Gasteiger partial charge < -0.3 is 5.32 Å². The number of hydrogen-bond acceptors (Lipinski definition) is 3. The number of aryl methyl sites for hydroxylation is 1. The average molecular weight is 360 g/mol. The molecule has 4 rings (SSSR count). The van der Waals surface area contributed by atoms with Crippen LogP contribution < -0.4 is 5.32 Å². The van der Waals surface area contributed by atoms with Crippen LogP contribution >= 0.6 is 11.3 Å². The molecular weight excluding hydrogens is 340 g/mol. The average Bonchev–Trinajstić information content (AvgIpc) is 3.03. The highest BCUT2D eigenvalue weighted by molar-refractivity contribution is 7.20. The number of thiophene rings is 1. The Morgan fingerprint density at radius 2 is 1.77 bits per heavy atom. The summed E-state index contributed by atoms with van der Waals surface area (Å²) in [4.78, 5) is 18.9. The maximum Gasteiger partial charge on any atom is 0.265 e. The fraction of sp³-hybridized carbons (Fsp3) is 0.182. The van der Waals surface area contributed by atoms with Gasteiger partial charge in [-0.05, 0) is 54.3 Å². The molecule has 0 saturated carbocycles. The third-order valence-electron chi connectivity index (χ3n) is 4.52. The second-order valence-corrected chi connectivity index (χ2v) is 7.95. The maximum absolute atomic E-state index is 12.6. The Hall–Kier alpha value is -2.72. The Kier molecular flexibility index (Phi) is 4.21. The Labute approximate surface area is 156 Å². The van der Waals surface area contributed by atoms with Gasteiger partial charge in [0.05, 0.1) is 10.4 Å². The molecule has 0 saturated heterocycles. The highest BCUT2D eigenvalue weighted by Gasteiger charge is 2.12. The van der Waals surface area contributed by atoms with E-state index in [2.05, 4.69) is 62.5 Å². The van der Waals surface area contributed by atoms with E-state index in [1.54, 1.807) is 0 Å². The first kappa shape index (κ1) is 16.7. The summed E-state index contributed by atoms with van der Waals surface area (Å²) in [6.45, 7) is 6.37. The maximum atomic E-state index is 12.6. The first-order chi connectivity index (χ1) is 12.5. The highest BCUT2D eigenvalue weighted by Crippen LogP contribution is 2.28. The van der Waals surface area contributed by atoms with Crippen molar-refractivity contribution in [1.29, 1.82) is 0 Å². The molecule has 0 spiro atoms.